The van der Waals surface area contributed by atoms with E-state index in [0.29, 0.717) is 31.7 Å². The fraction of sp³-hybridized carbons (Fsp3) is 0.381. The molecule has 0 heterocycles. The molecule has 2 aromatic carbocycles. The Bertz CT molecular complexity index is 1060. The average Bonchev–Trinajstić information content (AvgIpc) is 2.71. The number of benzene rings is 2. The van der Waals surface area contributed by atoms with Crippen LogP contribution >= 0.6 is 11.6 Å². The molecule has 0 spiro atoms. The van der Waals surface area contributed by atoms with E-state index in [0.717, 1.165) is 18.2 Å². The van der Waals surface area contributed by atoms with Gasteiger partial charge in [0.2, 0.25) is 0 Å². The average molecular weight is 478 g/mol. The van der Waals surface area contributed by atoms with Crippen molar-refractivity contribution in [3.05, 3.63) is 64.4 Å². The van der Waals surface area contributed by atoms with Gasteiger partial charge in [-0.15, -0.1) is 0 Å². The normalized spacial score (nSPS) is 19.8. The van der Waals surface area contributed by atoms with Crippen molar-refractivity contribution in [1.29, 1.82) is 0 Å². The molecule has 10 heteroatoms. The number of hydrogen-bond acceptors (Lipinski definition) is 3. The standard InChI is InChI=1S/C21H20ClF4NO3S/c22-18-9-6-14(10-19(18)23)20(28)27-16-7-4-13(5-8-16)12-31(29,30)17-3-1-2-15(11-17)21(24,25)26/h1-3,6,9-11,13,16H,4-5,7-8,12H2,(H,27,28)/t13-,16+. The van der Waals surface area contributed by atoms with Crippen LogP contribution in [0.3, 0.4) is 0 Å². The van der Waals surface area contributed by atoms with Gasteiger partial charge in [-0.2, -0.15) is 13.2 Å². The largest absolute Gasteiger partial charge is 0.416 e. The highest BCUT2D eigenvalue weighted by molar-refractivity contribution is 7.91. The number of amides is 1. The first-order chi connectivity index (χ1) is 14.5. The molecule has 2 aromatic rings. The van der Waals surface area contributed by atoms with Crippen LogP contribution in [-0.4, -0.2) is 26.1 Å². The molecule has 31 heavy (non-hydrogen) atoms. The van der Waals surface area contributed by atoms with Crippen molar-refractivity contribution < 1.29 is 30.8 Å². The van der Waals surface area contributed by atoms with E-state index >= 15 is 0 Å². The zero-order valence-electron chi connectivity index (χ0n) is 16.3. The van der Waals surface area contributed by atoms with Crippen molar-refractivity contribution in [2.24, 2.45) is 5.92 Å². The summed E-state index contributed by atoms with van der Waals surface area (Å²) in [5.74, 6) is -1.62. The molecule has 168 valence electrons. The van der Waals surface area contributed by atoms with Crippen LogP contribution in [0.4, 0.5) is 17.6 Å². The van der Waals surface area contributed by atoms with Crippen molar-refractivity contribution in [3.63, 3.8) is 0 Å². The Morgan fingerprint density at radius 1 is 1.06 bits per heavy atom. The molecule has 3 rings (SSSR count). The lowest BCUT2D eigenvalue weighted by atomic mass is 9.87. The number of halogens is 5. The van der Waals surface area contributed by atoms with Gasteiger partial charge in [-0.25, -0.2) is 12.8 Å². The van der Waals surface area contributed by atoms with Gasteiger partial charge in [-0.05, 0) is 68.0 Å². The van der Waals surface area contributed by atoms with Gasteiger partial charge < -0.3 is 5.32 Å². The second-order valence-corrected chi connectivity index (χ2v) is 10.1. The third kappa shape index (κ3) is 5.98. The van der Waals surface area contributed by atoms with Crippen molar-refractivity contribution in [2.75, 3.05) is 5.75 Å². The molecular weight excluding hydrogens is 458 g/mol. The van der Waals surface area contributed by atoms with Crippen molar-refractivity contribution in [3.8, 4) is 0 Å². The Morgan fingerprint density at radius 3 is 2.35 bits per heavy atom. The molecule has 1 aliphatic carbocycles. The minimum atomic E-state index is -4.62. The summed E-state index contributed by atoms with van der Waals surface area (Å²) in [4.78, 5) is 11.9. The van der Waals surface area contributed by atoms with Gasteiger partial charge >= 0.3 is 6.18 Å². The van der Waals surface area contributed by atoms with Gasteiger partial charge in [0.1, 0.15) is 5.82 Å². The minimum Gasteiger partial charge on any atom is -0.349 e. The van der Waals surface area contributed by atoms with Crippen molar-refractivity contribution >= 4 is 27.3 Å². The lowest BCUT2D eigenvalue weighted by Gasteiger charge is -2.29. The van der Waals surface area contributed by atoms with Crippen LogP contribution < -0.4 is 5.32 Å². The van der Waals surface area contributed by atoms with E-state index < -0.39 is 33.3 Å². The molecule has 4 nitrogen and oxygen atoms in total. The van der Waals surface area contributed by atoms with Crippen LogP contribution in [0.2, 0.25) is 5.02 Å². The molecule has 0 atom stereocenters. The van der Waals surface area contributed by atoms with Crippen LogP contribution in [-0.2, 0) is 16.0 Å². The van der Waals surface area contributed by atoms with Gasteiger partial charge in [0.05, 0.1) is 21.2 Å². The van der Waals surface area contributed by atoms with Gasteiger partial charge in [0.15, 0.2) is 9.84 Å². The molecule has 0 aromatic heterocycles. The second-order valence-electron chi connectivity index (χ2n) is 7.63. The van der Waals surface area contributed by atoms with E-state index in [9.17, 15) is 30.8 Å². The fourth-order valence-corrected chi connectivity index (χ4v) is 5.51. The van der Waals surface area contributed by atoms with Crippen LogP contribution in [0, 0.1) is 11.7 Å². The Morgan fingerprint density at radius 2 is 1.74 bits per heavy atom. The van der Waals surface area contributed by atoms with Crippen molar-refractivity contribution in [2.45, 2.75) is 42.8 Å². The smallest absolute Gasteiger partial charge is 0.349 e. The predicted octanol–water partition coefficient (Wildman–Crippen LogP) is 5.26. The summed E-state index contributed by atoms with van der Waals surface area (Å²) < 4.78 is 77.3. The van der Waals surface area contributed by atoms with E-state index in [1.165, 1.54) is 18.2 Å². The molecule has 1 fully saturated rings. The summed E-state index contributed by atoms with van der Waals surface area (Å²) in [5, 5.41) is 2.71. The molecule has 1 aliphatic rings. The van der Waals surface area contributed by atoms with Crippen LogP contribution in [0.15, 0.2) is 47.4 Å². The summed E-state index contributed by atoms with van der Waals surface area (Å²) in [6, 6.07) is 7.30. The number of nitrogens with one attached hydrogen (secondary N) is 1. The first kappa shape index (κ1) is 23.5. The van der Waals surface area contributed by atoms with Gasteiger partial charge in [0.25, 0.3) is 5.91 Å². The predicted molar refractivity (Wildman–Crippen MR) is 108 cm³/mol. The molecular formula is C21H20ClF4NO3S. The lowest BCUT2D eigenvalue weighted by Crippen LogP contribution is -2.38. The number of alkyl halides is 3. The molecule has 1 amide bonds. The highest BCUT2D eigenvalue weighted by Crippen LogP contribution is 2.32. The van der Waals surface area contributed by atoms with E-state index in [1.807, 2.05) is 0 Å². The number of rotatable bonds is 5. The van der Waals surface area contributed by atoms with Gasteiger partial charge in [-0.3, -0.25) is 4.79 Å². The monoisotopic (exact) mass is 477 g/mol. The molecule has 0 aliphatic heterocycles. The molecule has 0 unspecified atom stereocenters. The summed E-state index contributed by atoms with van der Waals surface area (Å²) in [6.07, 6.45) is -2.58. The lowest BCUT2D eigenvalue weighted by molar-refractivity contribution is -0.137. The summed E-state index contributed by atoms with van der Waals surface area (Å²) in [6.45, 7) is 0. The van der Waals surface area contributed by atoms with Crippen molar-refractivity contribution in [1.82, 2.24) is 5.32 Å². The quantitative estimate of drug-likeness (QED) is 0.597. The molecule has 0 radical (unpaired) electrons. The van der Waals surface area contributed by atoms with Gasteiger partial charge in [0, 0.05) is 11.6 Å². The molecule has 1 saturated carbocycles. The highest BCUT2D eigenvalue weighted by Gasteiger charge is 2.33. The third-order valence-electron chi connectivity index (χ3n) is 5.34. The van der Waals surface area contributed by atoms with Gasteiger partial charge in [-0.1, -0.05) is 17.7 Å². The Balaban J connectivity index is 1.57. The summed E-state index contributed by atoms with van der Waals surface area (Å²) in [7, 11) is -3.88. The Kier molecular flexibility index (Phi) is 6.95. The zero-order valence-corrected chi connectivity index (χ0v) is 17.8. The van der Waals surface area contributed by atoms with E-state index in [4.69, 9.17) is 11.6 Å². The maximum Gasteiger partial charge on any atom is 0.416 e. The zero-order chi connectivity index (χ0) is 22.8. The highest BCUT2D eigenvalue weighted by atomic mass is 35.5. The molecule has 1 N–H and O–H groups in total. The van der Waals surface area contributed by atoms with Crippen LogP contribution in [0.1, 0.15) is 41.6 Å². The number of sulfone groups is 1. The first-order valence-corrected chi connectivity index (χ1v) is 11.6. The Labute approximate surface area is 182 Å². The number of carbonyl (C=O) groups excluding carboxylic acids is 1. The van der Waals surface area contributed by atoms with Crippen LogP contribution in [0.5, 0.6) is 0 Å². The maximum absolute atomic E-state index is 13.5. The Hall–Kier alpha value is -2.13. The molecule has 0 bridgehead atoms. The SMILES string of the molecule is O=C(N[C@H]1CC[C@@H](CS(=O)(=O)c2cccc(C(F)(F)F)c2)CC1)c1ccc(Cl)c(F)c1. The third-order valence-corrected chi connectivity index (χ3v) is 7.53. The van der Waals surface area contributed by atoms with E-state index in [-0.39, 0.29) is 33.2 Å². The maximum atomic E-state index is 13.5. The number of carbonyl (C=O) groups is 1. The second kappa shape index (κ2) is 9.16. The summed E-state index contributed by atoms with van der Waals surface area (Å²) in [5.41, 5.74) is -0.866. The summed E-state index contributed by atoms with van der Waals surface area (Å²) >= 11 is 5.61. The number of hydrogen-bond donors (Lipinski definition) is 1. The topological polar surface area (TPSA) is 63.2 Å². The van der Waals surface area contributed by atoms with E-state index in [2.05, 4.69) is 5.32 Å². The van der Waals surface area contributed by atoms with E-state index in [1.54, 1.807) is 0 Å². The fourth-order valence-electron chi connectivity index (χ4n) is 3.65. The van der Waals surface area contributed by atoms with Crippen LogP contribution in [0.25, 0.3) is 0 Å². The minimum absolute atomic E-state index is 0.0842. The first-order valence-electron chi connectivity index (χ1n) is 9.61. The molecule has 0 saturated heterocycles.